The van der Waals surface area contributed by atoms with Gasteiger partial charge in [0.2, 0.25) is 17.7 Å². The topological polar surface area (TPSA) is 92.6 Å². The molecule has 0 aliphatic carbocycles. The number of amides is 2. The number of anilines is 1. The van der Waals surface area contributed by atoms with Gasteiger partial charge in [-0.2, -0.15) is 0 Å². The predicted octanol–water partition coefficient (Wildman–Crippen LogP) is 3.67. The van der Waals surface area contributed by atoms with E-state index in [1.165, 1.54) is 13.3 Å². The zero-order valence-electron chi connectivity index (χ0n) is 21.4. The first-order valence-electron chi connectivity index (χ1n) is 12.3. The highest BCUT2D eigenvalue weighted by Gasteiger charge is 2.27. The number of hydrogen-bond donors (Lipinski definition) is 1. The Morgan fingerprint density at radius 3 is 2.78 bits per heavy atom. The molecule has 4 rings (SSSR count). The van der Waals surface area contributed by atoms with Crippen molar-refractivity contribution in [3.63, 3.8) is 0 Å². The lowest BCUT2D eigenvalue weighted by Gasteiger charge is -2.26. The van der Waals surface area contributed by atoms with Gasteiger partial charge in [-0.15, -0.1) is 0 Å². The number of rotatable bonds is 7. The van der Waals surface area contributed by atoms with Gasteiger partial charge in [-0.3, -0.25) is 14.9 Å². The van der Waals surface area contributed by atoms with E-state index >= 15 is 0 Å². The third-order valence-electron chi connectivity index (χ3n) is 6.40. The Hall–Kier alpha value is -3.72. The van der Waals surface area contributed by atoms with E-state index in [1.807, 2.05) is 55.1 Å². The number of pyridine rings is 1. The number of para-hydroxylation sites is 1. The van der Waals surface area contributed by atoms with Gasteiger partial charge >= 0.3 is 0 Å². The molecule has 1 aliphatic heterocycles. The Kier molecular flexibility index (Phi) is 8.00. The van der Waals surface area contributed by atoms with E-state index in [1.54, 1.807) is 18.2 Å². The number of fused-ring (bicyclic) bond motifs is 1. The van der Waals surface area contributed by atoms with Crippen molar-refractivity contribution in [1.29, 1.82) is 0 Å². The second-order valence-corrected chi connectivity index (χ2v) is 9.39. The van der Waals surface area contributed by atoms with Crippen molar-refractivity contribution in [2.24, 2.45) is 0 Å². The summed E-state index contributed by atoms with van der Waals surface area (Å²) in [4.78, 5) is 38.9. The Morgan fingerprint density at radius 1 is 1.22 bits per heavy atom. The summed E-state index contributed by atoms with van der Waals surface area (Å²) < 4.78 is 7.20. The zero-order valence-corrected chi connectivity index (χ0v) is 21.4. The van der Waals surface area contributed by atoms with Crippen LogP contribution in [-0.4, -0.2) is 77.0 Å². The average molecular weight is 491 g/mol. The zero-order chi connectivity index (χ0) is 25.7. The van der Waals surface area contributed by atoms with Crippen LogP contribution in [-0.2, 0) is 4.79 Å². The Labute approximate surface area is 211 Å². The molecule has 3 aromatic rings. The molecule has 1 saturated heterocycles. The number of aryl methyl sites for hydroxylation is 1. The lowest BCUT2D eigenvalue weighted by Crippen LogP contribution is -2.35. The van der Waals surface area contributed by atoms with E-state index in [2.05, 4.69) is 14.9 Å². The molecule has 1 atom stereocenters. The molecule has 9 heteroatoms. The van der Waals surface area contributed by atoms with E-state index in [9.17, 15) is 9.59 Å². The number of imidazole rings is 1. The molecule has 2 amide bonds. The monoisotopic (exact) mass is 490 g/mol. The van der Waals surface area contributed by atoms with Crippen molar-refractivity contribution in [3.8, 4) is 5.88 Å². The largest absolute Gasteiger partial charge is 0.481 e. The fourth-order valence-corrected chi connectivity index (χ4v) is 4.57. The van der Waals surface area contributed by atoms with Gasteiger partial charge in [0.05, 0.1) is 29.7 Å². The van der Waals surface area contributed by atoms with Crippen LogP contribution >= 0.6 is 0 Å². The molecule has 1 unspecified atom stereocenters. The maximum atomic E-state index is 13.1. The standard InChI is InChI=1S/C27H34N6O3/c1-19-9-7-11-22-25(19)33(27(29-22)30-26(35)20-13-14-23(36-4)28-17-20)21-10-5-6-16-32(18-21)24(34)12-8-15-31(2)3/h7-9,11-14,17,21H,5-6,10,15-16,18H2,1-4H3,(H,29,30,35)/b12-8+. The highest BCUT2D eigenvalue weighted by Crippen LogP contribution is 2.32. The summed E-state index contributed by atoms with van der Waals surface area (Å²) in [7, 11) is 5.48. The minimum atomic E-state index is -0.299. The second kappa shape index (κ2) is 11.3. The Morgan fingerprint density at radius 2 is 2.06 bits per heavy atom. The number of carbonyl (C=O) groups is 2. The normalized spacial score (nSPS) is 16.5. The second-order valence-electron chi connectivity index (χ2n) is 9.39. The predicted molar refractivity (Wildman–Crippen MR) is 140 cm³/mol. The number of hydrogen-bond acceptors (Lipinski definition) is 6. The van der Waals surface area contributed by atoms with Gasteiger partial charge in [0, 0.05) is 38.0 Å². The van der Waals surface area contributed by atoms with E-state index in [-0.39, 0.29) is 17.9 Å². The molecule has 9 nitrogen and oxygen atoms in total. The van der Waals surface area contributed by atoms with Crippen LogP contribution in [0.1, 0.15) is 41.2 Å². The first kappa shape index (κ1) is 25.4. The Bertz CT molecular complexity index is 1250. The fourth-order valence-electron chi connectivity index (χ4n) is 4.57. The maximum absolute atomic E-state index is 13.1. The lowest BCUT2D eigenvalue weighted by molar-refractivity contribution is -0.126. The number of methoxy groups -OCH3 is 1. The van der Waals surface area contributed by atoms with Crippen molar-refractivity contribution in [3.05, 3.63) is 59.8 Å². The van der Waals surface area contributed by atoms with E-state index in [0.29, 0.717) is 37.0 Å². The summed E-state index contributed by atoms with van der Waals surface area (Å²) in [6.45, 7) is 4.03. The van der Waals surface area contributed by atoms with Crippen molar-refractivity contribution < 1.29 is 14.3 Å². The molecular weight excluding hydrogens is 456 g/mol. The summed E-state index contributed by atoms with van der Waals surface area (Å²) >= 11 is 0. The SMILES string of the molecule is COc1ccc(C(=O)Nc2nc3cccc(C)c3n2C2CCCCN(C(=O)/C=C/CN(C)C)C2)cn1. The summed E-state index contributed by atoms with van der Waals surface area (Å²) in [5, 5.41) is 3.00. The third-order valence-corrected chi connectivity index (χ3v) is 6.40. The number of likely N-dealkylation sites (N-methyl/N-ethyl adjacent to an activating group) is 1. The maximum Gasteiger partial charge on any atom is 0.259 e. The number of nitrogens with one attached hydrogen (secondary N) is 1. The van der Waals surface area contributed by atoms with Crippen molar-refractivity contribution in [1.82, 2.24) is 24.3 Å². The molecular formula is C27H34N6O3. The summed E-state index contributed by atoms with van der Waals surface area (Å²) in [5.41, 5.74) is 3.27. The molecule has 0 radical (unpaired) electrons. The molecule has 1 aromatic carbocycles. The van der Waals surface area contributed by atoms with Gasteiger partial charge in [-0.05, 0) is 58.0 Å². The number of benzene rings is 1. The van der Waals surface area contributed by atoms with Crippen LogP contribution in [0.5, 0.6) is 5.88 Å². The highest BCUT2D eigenvalue weighted by atomic mass is 16.5. The van der Waals surface area contributed by atoms with Gasteiger partial charge in [0.15, 0.2) is 0 Å². The smallest absolute Gasteiger partial charge is 0.259 e. The van der Waals surface area contributed by atoms with Crippen molar-refractivity contribution >= 4 is 28.8 Å². The fraction of sp³-hybridized carbons (Fsp3) is 0.407. The summed E-state index contributed by atoms with van der Waals surface area (Å²) in [5.74, 6) is 0.632. The van der Waals surface area contributed by atoms with Gasteiger partial charge < -0.3 is 19.1 Å². The lowest BCUT2D eigenvalue weighted by atomic mass is 10.1. The number of carbonyl (C=O) groups excluding carboxylic acids is 2. The van der Waals surface area contributed by atoms with Crippen LogP contribution in [0.15, 0.2) is 48.7 Å². The van der Waals surface area contributed by atoms with Crippen LogP contribution in [0.2, 0.25) is 0 Å². The Balaban J connectivity index is 1.66. The first-order chi connectivity index (χ1) is 17.4. The van der Waals surface area contributed by atoms with Crippen LogP contribution in [0.25, 0.3) is 11.0 Å². The minimum absolute atomic E-state index is 0.0137. The molecule has 1 aliphatic rings. The molecule has 2 aromatic heterocycles. The van der Waals surface area contributed by atoms with Crippen LogP contribution in [0.3, 0.4) is 0 Å². The molecule has 0 spiro atoms. The minimum Gasteiger partial charge on any atom is -0.481 e. The quantitative estimate of drug-likeness (QED) is 0.508. The summed E-state index contributed by atoms with van der Waals surface area (Å²) in [6.07, 6.45) is 7.86. The van der Waals surface area contributed by atoms with Gasteiger partial charge in [-0.1, -0.05) is 18.2 Å². The first-order valence-corrected chi connectivity index (χ1v) is 12.3. The number of aromatic nitrogens is 3. The van der Waals surface area contributed by atoms with E-state index in [4.69, 9.17) is 9.72 Å². The molecule has 0 saturated carbocycles. The van der Waals surface area contributed by atoms with Crippen LogP contribution in [0.4, 0.5) is 5.95 Å². The molecule has 1 fully saturated rings. The van der Waals surface area contributed by atoms with Crippen molar-refractivity contribution in [2.75, 3.05) is 46.2 Å². The highest BCUT2D eigenvalue weighted by molar-refractivity contribution is 6.04. The molecule has 1 N–H and O–H groups in total. The average Bonchev–Trinajstić information content (AvgIpc) is 3.05. The number of nitrogens with zero attached hydrogens (tertiary/aromatic N) is 5. The van der Waals surface area contributed by atoms with E-state index < -0.39 is 0 Å². The van der Waals surface area contributed by atoms with Gasteiger partial charge in [-0.25, -0.2) is 9.97 Å². The van der Waals surface area contributed by atoms with Crippen molar-refractivity contribution in [2.45, 2.75) is 32.2 Å². The molecule has 36 heavy (non-hydrogen) atoms. The molecule has 0 bridgehead atoms. The van der Waals surface area contributed by atoms with Crippen LogP contribution < -0.4 is 10.1 Å². The summed E-state index contributed by atoms with van der Waals surface area (Å²) in [6, 6.07) is 9.27. The van der Waals surface area contributed by atoms with Gasteiger partial charge in [0.1, 0.15) is 0 Å². The number of ether oxygens (including phenoxy) is 1. The molecule has 190 valence electrons. The third kappa shape index (κ3) is 5.73. The number of likely N-dealkylation sites (tertiary alicyclic amines) is 1. The van der Waals surface area contributed by atoms with E-state index in [0.717, 1.165) is 35.9 Å². The van der Waals surface area contributed by atoms with Crippen LogP contribution in [0, 0.1) is 6.92 Å². The molecule has 3 heterocycles. The van der Waals surface area contributed by atoms with Gasteiger partial charge in [0.25, 0.3) is 5.91 Å².